The number of likely N-dealkylation sites (N-methyl/N-ethyl adjacent to an activating group) is 2. The largest absolute Gasteiger partial charge is 0.508 e. The fourth-order valence-corrected chi connectivity index (χ4v) is 18.2. The number of nitrogens with zero attached hydrogens (tertiary/aromatic N) is 5. The van der Waals surface area contributed by atoms with E-state index in [2.05, 4.69) is 88.3 Å². The molecule has 2 fully saturated rings. The van der Waals surface area contributed by atoms with Crippen LogP contribution >= 0.6 is 22.7 Å². The third-order valence-corrected chi connectivity index (χ3v) is 26.0. The highest BCUT2D eigenvalue weighted by Gasteiger charge is 2.46. The van der Waals surface area contributed by atoms with E-state index in [9.17, 15) is 58.8 Å². The highest BCUT2D eigenvalue weighted by atomic mass is 32.1. The Bertz CT molecular complexity index is 5530. The van der Waals surface area contributed by atoms with Crippen LogP contribution in [0.4, 0.5) is 0 Å². The molecule has 8 N–H and O–H groups in total. The lowest BCUT2D eigenvalue weighted by atomic mass is 9.76. The third-order valence-electron chi connectivity index (χ3n) is 24.1. The molecule has 23 nitrogen and oxygen atoms in total. The predicted molar refractivity (Wildman–Crippen MR) is 527 cm³/mol. The summed E-state index contributed by atoms with van der Waals surface area (Å²) in [7, 11) is 3.65. The number of carbonyl (C=O) groups excluding carboxylic acids is 7. The first kappa shape index (κ1) is 103. The molecule has 25 heteroatoms. The van der Waals surface area contributed by atoms with Crippen LogP contribution in [-0.4, -0.2) is 181 Å². The molecule has 10 aromatic rings. The van der Waals surface area contributed by atoms with Gasteiger partial charge in [0.2, 0.25) is 29.5 Å². The first-order valence-electron chi connectivity index (χ1n) is 46.0. The number of unbranched alkanes of at least 4 members (excludes halogenated alkanes) is 2. The van der Waals surface area contributed by atoms with Gasteiger partial charge in [-0.1, -0.05) is 213 Å². The van der Waals surface area contributed by atoms with Crippen LogP contribution in [-0.2, 0) is 51.3 Å². The summed E-state index contributed by atoms with van der Waals surface area (Å²) in [6.07, 6.45) is 3.62. The number of β-amino-alcohol motifs (C(OH)–C–C–N with tert-alkyl or cyclic N) is 2. The van der Waals surface area contributed by atoms with Gasteiger partial charge < -0.3 is 65.7 Å². The molecular weight excluding hydrogens is 1710 g/mol. The SMILES string of the molecule is CCC(=C(c1ccc(O)cc1)c1ccc(OCCN(C)C(=O)CCCCC(=O)N[C@H](C(=O)N2C[C@H](O)C[C@H]2C(=O)NCc2ccc(-c3scnc3C)cc2)C(C)(C)C)cc1)c1ccccc1.CCC(=C(c1ccc(O)cc1)c1ccc(OCCNC)cc1)c1ccccc1.Cc1ncsc1-c1ccc(CCC(=O)[C@@H]2C[C@@H](O)CN2C(=O)[C@@H](CC(=O)CCCCC(=O)O)C(C)(C)C)cc1. The maximum atomic E-state index is 14.0. The molecule has 0 aliphatic carbocycles. The van der Waals surface area contributed by atoms with E-state index in [4.69, 9.17) is 14.6 Å². The molecule has 6 atom stereocenters. The highest BCUT2D eigenvalue weighted by Crippen LogP contribution is 2.41. The second-order valence-corrected chi connectivity index (χ2v) is 37.9. The number of aromatic hydroxyl groups is 2. The van der Waals surface area contributed by atoms with Crippen molar-refractivity contribution in [1.29, 1.82) is 0 Å². The van der Waals surface area contributed by atoms with Gasteiger partial charge in [-0.25, -0.2) is 9.97 Å². The number of ketones is 2. The topological polar surface area (TPSA) is 328 Å². The number of rotatable bonds is 40. The monoisotopic (exact) mass is 1840 g/mol. The number of aliphatic hydroxyl groups excluding tert-OH is 2. The van der Waals surface area contributed by atoms with Crippen LogP contribution in [0.1, 0.15) is 201 Å². The average Bonchev–Trinajstić information content (AvgIpc) is 1.79. The number of aryl methyl sites for hydroxylation is 3. The fraction of sp³-hybridized carbons (Fsp3) is 0.389. The molecule has 704 valence electrons. The van der Waals surface area contributed by atoms with Gasteiger partial charge in [0.05, 0.1) is 57.0 Å². The lowest BCUT2D eigenvalue weighted by molar-refractivity contribution is -0.146. The van der Waals surface area contributed by atoms with Crippen molar-refractivity contribution in [2.45, 2.75) is 202 Å². The van der Waals surface area contributed by atoms with E-state index in [1.165, 1.54) is 32.1 Å². The molecule has 0 spiro atoms. The van der Waals surface area contributed by atoms with Gasteiger partial charge in [-0.2, -0.15) is 0 Å². The molecular formula is C108H130N8O15S2. The molecule has 0 bridgehead atoms. The standard InChI is InChI=1S/C53H63N5O7S.C30H40N2O6S.C25H27NO2/c1-7-44(37-13-9-8-10-14-37)48(38-21-25-41(59)26-22-38)39-23-27-43(28-24-39)65-30-29-57(6)47(62)16-12-11-15-46(61)56-50(53(3,4)5)52(64)58-33-42(60)31-45(58)51(63)54-32-36-17-19-40(20-18-36)49-35(2)55-34-66-49;1-19-28(39-18-31-19)21-12-9-20(10-13-21)11-14-26(35)25-16-23(34)17-32(25)29(38)24(30(2,3)4)15-22(33)7-5-6-8-27(36)37;1-3-24(19-7-5-4-6-8-19)25(20-9-13-22(27)14-10-20)21-11-15-23(16-12-21)28-18-17-26-2/h8-10,13-14,17-28,34,42,45,50,59-60H,7,11-12,15-16,29-33H2,1-6H3,(H,54,63)(H,56,61);9-10,12-13,18,23-25,34H,5-8,11,14-17H2,1-4H3,(H,36,37);4-16,26-27H,3,17-18H2,1-2H3/t42-,45+,50-;23-,24-,25+;/m11./s1. The highest BCUT2D eigenvalue weighted by molar-refractivity contribution is 7.13. The Morgan fingerprint density at radius 1 is 0.519 bits per heavy atom. The number of ether oxygens (including phenoxy) is 2. The Kier molecular flexibility index (Phi) is 38.7. The summed E-state index contributed by atoms with van der Waals surface area (Å²) < 4.78 is 11.8. The number of likely N-dealkylation sites (tertiary alicyclic amines) is 2. The first-order valence-corrected chi connectivity index (χ1v) is 47.8. The van der Waals surface area contributed by atoms with Crippen LogP contribution in [0.15, 0.2) is 217 Å². The second-order valence-electron chi connectivity index (χ2n) is 36.1. The Morgan fingerprint density at radius 3 is 1.41 bits per heavy atom. The predicted octanol–water partition coefficient (Wildman–Crippen LogP) is 18.6. The number of aliphatic carboxylic acids is 1. The number of nitrogens with one attached hydrogen (secondary N) is 3. The summed E-state index contributed by atoms with van der Waals surface area (Å²) in [6, 6.07) is 65.0. The van der Waals surface area contributed by atoms with Crippen LogP contribution in [0, 0.1) is 30.6 Å². The summed E-state index contributed by atoms with van der Waals surface area (Å²) in [5.41, 5.74) is 19.7. The number of allylic oxidation sites excluding steroid dienone is 2. The molecule has 133 heavy (non-hydrogen) atoms. The van der Waals surface area contributed by atoms with Crippen LogP contribution in [0.5, 0.6) is 23.0 Å². The number of hydrogen-bond acceptors (Lipinski definition) is 19. The molecule has 8 aromatic carbocycles. The summed E-state index contributed by atoms with van der Waals surface area (Å²) in [6.45, 7) is 22.0. The molecule has 2 aromatic heterocycles. The van der Waals surface area contributed by atoms with E-state index in [1.54, 1.807) is 58.9 Å². The molecule has 4 heterocycles. The van der Waals surface area contributed by atoms with Gasteiger partial charge in [-0.3, -0.25) is 38.4 Å². The molecule has 0 saturated carbocycles. The van der Waals surface area contributed by atoms with E-state index in [1.807, 2.05) is 207 Å². The van der Waals surface area contributed by atoms with Crippen molar-refractivity contribution in [3.05, 3.63) is 273 Å². The van der Waals surface area contributed by atoms with E-state index >= 15 is 0 Å². The number of phenols is 2. The Hall–Kier alpha value is -12.3. The Morgan fingerprint density at radius 2 is 0.962 bits per heavy atom. The number of carbonyl (C=O) groups is 8. The number of Topliss-reactive ketones (excluding diaryl/α,β-unsaturated/α-hetero) is 2. The number of carboxylic acids is 1. The summed E-state index contributed by atoms with van der Waals surface area (Å²) in [4.78, 5) is 119. The smallest absolute Gasteiger partial charge is 0.303 e. The van der Waals surface area contributed by atoms with Crippen LogP contribution in [0.2, 0.25) is 0 Å². The number of carboxylic acid groups (broad SMARTS) is 1. The Balaban J connectivity index is 0.000000230. The van der Waals surface area contributed by atoms with Gasteiger partial charge >= 0.3 is 5.97 Å². The second kappa shape index (κ2) is 50.0. The molecule has 2 saturated heterocycles. The zero-order chi connectivity index (χ0) is 95.9. The van der Waals surface area contributed by atoms with Crippen molar-refractivity contribution in [3.63, 3.8) is 0 Å². The number of hydrogen-bond donors (Lipinski definition) is 8. The number of thiazole rings is 2. The minimum atomic E-state index is -0.932. The number of benzene rings is 8. The quantitative estimate of drug-likeness (QED) is 0.0131. The van der Waals surface area contributed by atoms with Gasteiger partial charge in [0.1, 0.15) is 54.1 Å². The normalized spacial score (nSPS) is 15.6. The average molecular weight is 1840 g/mol. The molecule has 12 rings (SSSR count). The minimum Gasteiger partial charge on any atom is -0.508 e. The van der Waals surface area contributed by atoms with E-state index < -0.39 is 59.0 Å². The molecule has 0 radical (unpaired) electrons. The van der Waals surface area contributed by atoms with E-state index in [-0.39, 0.29) is 118 Å². The summed E-state index contributed by atoms with van der Waals surface area (Å²) in [5.74, 6) is -1.12. The van der Waals surface area contributed by atoms with Crippen molar-refractivity contribution < 1.29 is 73.4 Å². The lowest BCUT2D eigenvalue weighted by Crippen LogP contribution is -2.57. The van der Waals surface area contributed by atoms with Gasteiger partial charge in [0.15, 0.2) is 5.78 Å². The Labute approximate surface area is 790 Å². The molecule has 2 aliphatic heterocycles. The number of aromatic nitrogens is 2. The first-order chi connectivity index (χ1) is 63.7. The summed E-state index contributed by atoms with van der Waals surface area (Å²) in [5, 5.41) is 58.4. The van der Waals surface area contributed by atoms with Gasteiger partial charge in [-0.05, 0) is 203 Å². The van der Waals surface area contributed by atoms with Crippen molar-refractivity contribution >= 4 is 92.0 Å². The minimum absolute atomic E-state index is 0.00919. The van der Waals surface area contributed by atoms with Crippen LogP contribution < -0.4 is 25.4 Å². The zero-order valence-corrected chi connectivity index (χ0v) is 80.3. The molecule has 0 unspecified atom stereocenters. The number of aliphatic hydroxyl groups is 2. The van der Waals surface area contributed by atoms with Crippen molar-refractivity contribution in [2.75, 3.05) is 53.5 Å². The van der Waals surface area contributed by atoms with Gasteiger partial charge in [0.25, 0.3) is 0 Å². The van der Waals surface area contributed by atoms with E-state index in [0.717, 1.165) is 102 Å². The van der Waals surface area contributed by atoms with Gasteiger partial charge in [-0.15, -0.1) is 22.7 Å². The number of amides is 5. The number of phenolic OH excluding ortho intramolecular Hbond substituents is 2. The van der Waals surface area contributed by atoms with Crippen LogP contribution in [0.3, 0.4) is 0 Å². The maximum Gasteiger partial charge on any atom is 0.303 e. The molecule has 2 aliphatic rings. The van der Waals surface area contributed by atoms with Crippen molar-refractivity contribution in [2.24, 2.45) is 16.7 Å². The lowest BCUT2D eigenvalue weighted by Gasteiger charge is -2.35. The van der Waals surface area contributed by atoms with Crippen molar-refractivity contribution in [3.8, 4) is 43.9 Å². The van der Waals surface area contributed by atoms with E-state index in [0.29, 0.717) is 57.6 Å². The maximum absolute atomic E-state index is 14.0. The molecule has 5 amide bonds. The van der Waals surface area contributed by atoms with Gasteiger partial charge in [0, 0.05) is 90.5 Å². The third kappa shape index (κ3) is 30.1. The van der Waals surface area contributed by atoms with Crippen LogP contribution in [0.25, 0.3) is 43.2 Å². The van der Waals surface area contributed by atoms with Crippen molar-refractivity contribution in [1.82, 2.24) is 40.6 Å². The zero-order valence-electron chi connectivity index (χ0n) is 78.7. The fourth-order valence-electron chi connectivity index (χ4n) is 16.6. The summed E-state index contributed by atoms with van der Waals surface area (Å²) >= 11 is 3.16.